The van der Waals surface area contributed by atoms with Crippen molar-refractivity contribution >= 4 is 28.5 Å². The lowest BCUT2D eigenvalue weighted by atomic mass is 10.1. The normalized spacial score (nSPS) is 18.9. The van der Waals surface area contributed by atoms with Gasteiger partial charge in [0.25, 0.3) is 0 Å². The van der Waals surface area contributed by atoms with Gasteiger partial charge in [-0.15, -0.1) is 5.10 Å². The van der Waals surface area contributed by atoms with Crippen LogP contribution in [0.15, 0.2) is 58.7 Å². The van der Waals surface area contributed by atoms with E-state index >= 15 is 0 Å². The number of hydrogen-bond donors (Lipinski definition) is 1. The molecule has 0 aliphatic carbocycles. The topological polar surface area (TPSA) is 63.1 Å². The van der Waals surface area contributed by atoms with Gasteiger partial charge in [0.1, 0.15) is 5.75 Å². The minimum atomic E-state index is -0.173. The Morgan fingerprint density at radius 1 is 1.15 bits per heavy atom. The number of amides is 1. The zero-order valence-electron chi connectivity index (χ0n) is 15.0. The minimum absolute atomic E-state index is 0.0216. The maximum absolute atomic E-state index is 12.2. The summed E-state index contributed by atoms with van der Waals surface area (Å²) in [6.45, 7) is 3.94. The molecule has 3 rings (SSSR count). The fraction of sp³-hybridized carbons (Fsp3) is 0.250. The van der Waals surface area contributed by atoms with E-state index in [1.165, 1.54) is 17.3 Å². The van der Waals surface area contributed by atoms with Gasteiger partial charge in [-0.25, -0.2) is 0 Å². The van der Waals surface area contributed by atoms with Crippen LogP contribution >= 0.6 is 11.8 Å². The molecule has 1 aliphatic heterocycles. The number of methoxy groups -OCH3 is 1. The molecule has 1 heterocycles. The lowest BCUT2D eigenvalue weighted by molar-refractivity contribution is -0.118. The van der Waals surface area contributed by atoms with Crippen LogP contribution in [0.2, 0.25) is 0 Å². The second-order valence-corrected chi connectivity index (χ2v) is 7.30. The van der Waals surface area contributed by atoms with Crippen molar-refractivity contribution in [3.05, 3.63) is 65.2 Å². The number of amidine groups is 1. The third kappa shape index (κ3) is 4.52. The van der Waals surface area contributed by atoms with Crippen molar-refractivity contribution < 1.29 is 9.53 Å². The molecule has 1 amide bonds. The van der Waals surface area contributed by atoms with E-state index in [0.717, 1.165) is 22.6 Å². The number of thioether (sulfide) groups is 1. The molecule has 5 nitrogen and oxygen atoms in total. The minimum Gasteiger partial charge on any atom is -0.497 e. The zero-order valence-corrected chi connectivity index (χ0v) is 15.8. The van der Waals surface area contributed by atoms with Gasteiger partial charge in [0.2, 0.25) is 5.91 Å². The third-order valence-corrected chi connectivity index (χ3v) is 5.19. The maximum atomic E-state index is 12.2. The Labute approximate surface area is 157 Å². The molecule has 0 aromatic heterocycles. The summed E-state index contributed by atoms with van der Waals surface area (Å²) < 4.78 is 5.15. The van der Waals surface area contributed by atoms with E-state index in [-0.39, 0.29) is 11.2 Å². The number of carbonyl (C=O) groups is 1. The van der Waals surface area contributed by atoms with Crippen molar-refractivity contribution in [3.63, 3.8) is 0 Å². The van der Waals surface area contributed by atoms with Crippen LogP contribution in [0.25, 0.3) is 0 Å². The number of benzene rings is 2. The molecule has 0 spiro atoms. The molecular formula is C20H21N3O2S. The fourth-order valence-electron chi connectivity index (χ4n) is 2.54. The summed E-state index contributed by atoms with van der Waals surface area (Å²) in [5, 5.41) is 11.6. The Kier molecular flexibility index (Phi) is 5.73. The van der Waals surface area contributed by atoms with Crippen molar-refractivity contribution in [3.8, 4) is 5.75 Å². The SMILES string of the molecule is COc1ccc(/C(C)=N/N=C2/NC(=O)[C@H](Cc3ccc(C)cc3)S2)cc1. The number of nitrogens with one attached hydrogen (secondary N) is 1. The average Bonchev–Trinajstić information content (AvgIpc) is 3.01. The van der Waals surface area contributed by atoms with Gasteiger partial charge in [0, 0.05) is 0 Å². The molecule has 1 saturated heterocycles. The van der Waals surface area contributed by atoms with Gasteiger partial charge < -0.3 is 10.1 Å². The molecule has 26 heavy (non-hydrogen) atoms. The predicted octanol–water partition coefficient (Wildman–Crippen LogP) is 3.56. The van der Waals surface area contributed by atoms with Crippen molar-refractivity contribution in [1.29, 1.82) is 0 Å². The first kappa shape index (κ1) is 18.2. The second kappa shape index (κ2) is 8.19. The number of ether oxygens (including phenoxy) is 1. The van der Waals surface area contributed by atoms with E-state index in [1.807, 2.05) is 31.2 Å². The Hall–Kier alpha value is -2.60. The van der Waals surface area contributed by atoms with Gasteiger partial charge in [-0.05, 0) is 55.7 Å². The summed E-state index contributed by atoms with van der Waals surface area (Å²) >= 11 is 1.42. The molecule has 0 bridgehead atoms. The van der Waals surface area contributed by atoms with Crippen LogP contribution in [-0.4, -0.2) is 29.1 Å². The van der Waals surface area contributed by atoms with Crippen molar-refractivity contribution in [2.45, 2.75) is 25.5 Å². The summed E-state index contributed by atoms with van der Waals surface area (Å²) in [5.74, 6) is 0.775. The van der Waals surface area contributed by atoms with E-state index in [9.17, 15) is 4.79 Å². The molecule has 0 saturated carbocycles. The molecule has 0 unspecified atom stereocenters. The molecule has 1 N–H and O–H groups in total. The average molecular weight is 367 g/mol. The van der Waals surface area contributed by atoms with Crippen molar-refractivity contribution in [2.75, 3.05) is 7.11 Å². The van der Waals surface area contributed by atoms with E-state index in [0.29, 0.717) is 11.6 Å². The standard InChI is InChI=1S/C20H21N3O2S/c1-13-4-6-15(7-5-13)12-18-19(24)21-20(26-18)23-22-14(2)16-8-10-17(25-3)11-9-16/h4-11,18H,12H2,1-3H3,(H,21,23,24)/b22-14+/t18-/m0/s1. The van der Waals surface area contributed by atoms with Crippen molar-refractivity contribution in [1.82, 2.24) is 5.32 Å². The highest BCUT2D eigenvalue weighted by atomic mass is 32.2. The number of hydrogen-bond acceptors (Lipinski definition) is 5. The first-order chi connectivity index (χ1) is 12.5. The molecule has 134 valence electrons. The van der Waals surface area contributed by atoms with Crippen LogP contribution in [0.5, 0.6) is 5.75 Å². The summed E-state index contributed by atoms with van der Waals surface area (Å²) in [6.07, 6.45) is 0.678. The molecular weight excluding hydrogens is 346 g/mol. The molecule has 2 aromatic carbocycles. The number of rotatable bonds is 5. The Morgan fingerprint density at radius 3 is 2.50 bits per heavy atom. The molecule has 6 heteroatoms. The molecule has 1 atom stereocenters. The van der Waals surface area contributed by atoms with E-state index in [4.69, 9.17) is 4.74 Å². The van der Waals surface area contributed by atoms with Gasteiger partial charge in [-0.1, -0.05) is 41.6 Å². The summed E-state index contributed by atoms with van der Waals surface area (Å²) in [6, 6.07) is 15.9. The monoisotopic (exact) mass is 367 g/mol. The van der Waals surface area contributed by atoms with Crippen LogP contribution in [0.4, 0.5) is 0 Å². The first-order valence-electron chi connectivity index (χ1n) is 8.35. The van der Waals surface area contributed by atoms with Crippen LogP contribution in [0.1, 0.15) is 23.6 Å². The van der Waals surface area contributed by atoms with Gasteiger partial charge in [0.05, 0.1) is 18.1 Å². The van der Waals surface area contributed by atoms with Gasteiger partial charge in [0.15, 0.2) is 5.17 Å². The Balaban J connectivity index is 1.65. The van der Waals surface area contributed by atoms with Gasteiger partial charge in [-0.3, -0.25) is 4.79 Å². The number of aryl methyl sites for hydroxylation is 1. The van der Waals surface area contributed by atoms with Gasteiger partial charge >= 0.3 is 0 Å². The highest BCUT2D eigenvalue weighted by molar-refractivity contribution is 8.15. The highest BCUT2D eigenvalue weighted by Gasteiger charge is 2.30. The summed E-state index contributed by atoms with van der Waals surface area (Å²) in [4.78, 5) is 12.2. The lowest BCUT2D eigenvalue weighted by Gasteiger charge is -2.05. The quantitative estimate of drug-likeness (QED) is 0.649. The summed E-state index contributed by atoms with van der Waals surface area (Å²) in [5.41, 5.74) is 4.09. The van der Waals surface area contributed by atoms with E-state index < -0.39 is 0 Å². The smallest absolute Gasteiger partial charge is 0.239 e. The third-order valence-electron chi connectivity index (χ3n) is 4.12. The number of nitrogens with zero attached hydrogens (tertiary/aromatic N) is 2. The second-order valence-electron chi connectivity index (χ2n) is 6.10. The molecule has 1 aliphatic rings. The largest absolute Gasteiger partial charge is 0.497 e. The maximum Gasteiger partial charge on any atom is 0.239 e. The Bertz CT molecular complexity index is 842. The van der Waals surface area contributed by atoms with Crippen molar-refractivity contribution in [2.24, 2.45) is 10.2 Å². The van der Waals surface area contributed by atoms with Crippen LogP contribution in [0, 0.1) is 6.92 Å². The highest BCUT2D eigenvalue weighted by Crippen LogP contribution is 2.23. The van der Waals surface area contributed by atoms with E-state index in [1.54, 1.807) is 7.11 Å². The molecule has 0 radical (unpaired) electrons. The lowest BCUT2D eigenvalue weighted by Crippen LogP contribution is -2.25. The van der Waals surface area contributed by atoms with Crippen LogP contribution in [0.3, 0.4) is 0 Å². The number of carbonyl (C=O) groups excluding carboxylic acids is 1. The van der Waals surface area contributed by atoms with Gasteiger partial charge in [-0.2, -0.15) is 5.10 Å². The summed E-state index contributed by atoms with van der Waals surface area (Å²) in [7, 11) is 1.63. The van der Waals surface area contributed by atoms with E-state index in [2.05, 4.69) is 46.7 Å². The predicted molar refractivity (Wildman–Crippen MR) is 107 cm³/mol. The first-order valence-corrected chi connectivity index (χ1v) is 9.23. The molecule has 1 fully saturated rings. The van der Waals surface area contributed by atoms with Crippen LogP contribution < -0.4 is 10.1 Å². The Morgan fingerprint density at radius 2 is 1.85 bits per heavy atom. The fourth-order valence-corrected chi connectivity index (χ4v) is 3.49. The molecule has 2 aromatic rings. The van der Waals surface area contributed by atoms with Crippen LogP contribution in [-0.2, 0) is 11.2 Å². The zero-order chi connectivity index (χ0) is 18.5.